The molecule has 0 unspecified atom stereocenters. The number of fused-ring (bicyclic) bond motifs is 1. The number of benzene rings is 2. The first-order chi connectivity index (χ1) is 14.2. The Labute approximate surface area is 168 Å². The average molecular weight is 394 g/mol. The molecule has 2 heterocycles. The summed E-state index contributed by atoms with van der Waals surface area (Å²) in [4.78, 5) is 15.0. The molecule has 29 heavy (non-hydrogen) atoms. The number of rotatable bonds is 7. The lowest BCUT2D eigenvalue weighted by Crippen LogP contribution is -2.45. The fourth-order valence-corrected chi connectivity index (χ4v) is 3.74. The van der Waals surface area contributed by atoms with Crippen LogP contribution in [0.2, 0.25) is 0 Å². The first kappa shape index (κ1) is 19.3. The van der Waals surface area contributed by atoms with Gasteiger partial charge in [0.25, 0.3) is 0 Å². The number of ether oxygens (including phenoxy) is 1. The highest BCUT2D eigenvalue weighted by atomic mass is 19.1. The van der Waals surface area contributed by atoms with Crippen LogP contribution in [-0.4, -0.2) is 45.8 Å². The first-order valence-corrected chi connectivity index (χ1v) is 9.65. The summed E-state index contributed by atoms with van der Waals surface area (Å²) in [5, 5.41) is 8.63. The molecule has 3 aromatic rings. The minimum Gasteiger partial charge on any atom is -0.383 e. The van der Waals surface area contributed by atoms with Gasteiger partial charge in [0.2, 0.25) is 5.91 Å². The van der Waals surface area contributed by atoms with Gasteiger partial charge in [0, 0.05) is 26.5 Å². The predicted octanol–water partition coefficient (Wildman–Crippen LogP) is 2.78. The number of hydrogen-bond donors (Lipinski definition) is 0. The van der Waals surface area contributed by atoms with Crippen LogP contribution < -0.4 is 0 Å². The summed E-state index contributed by atoms with van der Waals surface area (Å²) >= 11 is 0. The zero-order chi connectivity index (χ0) is 20.2. The first-order valence-electron chi connectivity index (χ1n) is 9.65. The third-order valence-electron chi connectivity index (χ3n) is 5.22. The molecule has 0 spiro atoms. The molecule has 6 nitrogen and oxygen atoms in total. The molecule has 4 rings (SSSR count). The lowest BCUT2D eigenvalue weighted by Gasteiger charge is -2.34. The second-order valence-electron chi connectivity index (χ2n) is 7.13. The summed E-state index contributed by atoms with van der Waals surface area (Å²) in [6.45, 7) is 1.33. The maximum atomic E-state index is 14.2. The molecule has 1 aliphatic heterocycles. The highest BCUT2D eigenvalue weighted by Gasteiger charge is 2.36. The van der Waals surface area contributed by atoms with Gasteiger partial charge < -0.3 is 14.2 Å². The molecule has 1 aliphatic rings. The van der Waals surface area contributed by atoms with Crippen LogP contribution in [0.4, 0.5) is 4.39 Å². The molecule has 0 saturated carbocycles. The number of carbonyl (C=O) groups excluding carboxylic acids is 1. The Hall–Kier alpha value is -3.06. The number of hydrogen-bond acceptors (Lipinski definition) is 4. The molecule has 0 bridgehead atoms. The number of methoxy groups -OCH3 is 1. The van der Waals surface area contributed by atoms with Crippen molar-refractivity contribution in [3.8, 4) is 0 Å². The van der Waals surface area contributed by atoms with E-state index in [-0.39, 0.29) is 18.1 Å². The van der Waals surface area contributed by atoms with Crippen LogP contribution >= 0.6 is 0 Å². The SMILES string of the molecule is COCCN1Cc2nnc(Cc3ccccc3F)n2[C@H](Cc2ccccc2)C1=O. The van der Waals surface area contributed by atoms with Crippen LogP contribution in [-0.2, 0) is 28.9 Å². The topological polar surface area (TPSA) is 60.2 Å². The molecular weight excluding hydrogens is 371 g/mol. The molecule has 0 radical (unpaired) electrons. The van der Waals surface area contributed by atoms with Crippen molar-refractivity contribution >= 4 is 5.91 Å². The lowest BCUT2D eigenvalue weighted by atomic mass is 10.0. The minimum atomic E-state index is -0.463. The Morgan fingerprint density at radius 1 is 1.10 bits per heavy atom. The summed E-state index contributed by atoms with van der Waals surface area (Å²) in [5.74, 6) is 1.04. The molecule has 1 amide bonds. The van der Waals surface area contributed by atoms with Crippen molar-refractivity contribution < 1.29 is 13.9 Å². The largest absolute Gasteiger partial charge is 0.383 e. The number of aromatic nitrogens is 3. The van der Waals surface area contributed by atoms with Gasteiger partial charge in [-0.15, -0.1) is 10.2 Å². The number of carbonyl (C=O) groups is 1. The van der Waals surface area contributed by atoms with E-state index in [1.54, 1.807) is 30.2 Å². The molecule has 1 aromatic heterocycles. The molecule has 0 fully saturated rings. The maximum Gasteiger partial charge on any atom is 0.246 e. The summed E-state index contributed by atoms with van der Waals surface area (Å²) in [5.41, 5.74) is 1.59. The Bertz CT molecular complexity index is 989. The van der Waals surface area contributed by atoms with Gasteiger partial charge in [0.05, 0.1) is 13.2 Å². The van der Waals surface area contributed by atoms with Gasteiger partial charge in [-0.3, -0.25) is 4.79 Å². The molecule has 0 N–H and O–H groups in total. The summed E-state index contributed by atoms with van der Waals surface area (Å²) < 4.78 is 21.2. The van der Waals surface area contributed by atoms with E-state index < -0.39 is 6.04 Å². The molecular formula is C22H23FN4O2. The van der Waals surface area contributed by atoms with Crippen molar-refractivity contribution in [3.63, 3.8) is 0 Å². The van der Waals surface area contributed by atoms with Gasteiger partial charge in [0.15, 0.2) is 5.82 Å². The van der Waals surface area contributed by atoms with Crippen LogP contribution in [0.5, 0.6) is 0 Å². The van der Waals surface area contributed by atoms with E-state index >= 15 is 0 Å². The molecule has 0 aliphatic carbocycles. The Morgan fingerprint density at radius 3 is 2.62 bits per heavy atom. The summed E-state index contributed by atoms with van der Waals surface area (Å²) in [7, 11) is 1.62. The van der Waals surface area contributed by atoms with Crippen LogP contribution in [0.15, 0.2) is 54.6 Å². The fraction of sp³-hybridized carbons (Fsp3) is 0.318. The number of nitrogens with zero attached hydrogens (tertiary/aromatic N) is 4. The van der Waals surface area contributed by atoms with Gasteiger partial charge in [-0.1, -0.05) is 48.5 Å². The standard InChI is InChI=1S/C22H23FN4O2/c1-29-12-11-26-15-21-25-24-20(14-17-9-5-6-10-18(17)23)27(21)19(22(26)28)13-16-7-3-2-4-8-16/h2-10,19H,11-15H2,1H3/t19-/m1/s1. The van der Waals surface area contributed by atoms with E-state index in [0.717, 1.165) is 5.56 Å². The van der Waals surface area contributed by atoms with Gasteiger partial charge in [0.1, 0.15) is 17.7 Å². The van der Waals surface area contributed by atoms with Gasteiger partial charge >= 0.3 is 0 Å². The molecule has 0 saturated heterocycles. The number of halogens is 1. The number of amides is 1. The van der Waals surface area contributed by atoms with Gasteiger partial charge in [-0.2, -0.15) is 0 Å². The molecule has 1 atom stereocenters. The normalized spacial score (nSPS) is 16.1. The Morgan fingerprint density at radius 2 is 1.86 bits per heavy atom. The highest BCUT2D eigenvalue weighted by Crippen LogP contribution is 2.27. The van der Waals surface area contributed by atoms with E-state index in [1.807, 2.05) is 34.9 Å². The second-order valence-corrected chi connectivity index (χ2v) is 7.13. The van der Waals surface area contributed by atoms with Crippen molar-refractivity contribution in [2.24, 2.45) is 0 Å². The van der Waals surface area contributed by atoms with Crippen molar-refractivity contribution in [3.05, 3.63) is 83.2 Å². The molecule has 7 heteroatoms. The monoisotopic (exact) mass is 394 g/mol. The van der Waals surface area contributed by atoms with Crippen LogP contribution in [0.25, 0.3) is 0 Å². The molecule has 2 aromatic carbocycles. The zero-order valence-electron chi connectivity index (χ0n) is 16.3. The van der Waals surface area contributed by atoms with Crippen molar-refractivity contribution in [2.75, 3.05) is 20.3 Å². The van der Waals surface area contributed by atoms with Crippen LogP contribution in [0.1, 0.15) is 28.8 Å². The van der Waals surface area contributed by atoms with E-state index in [4.69, 9.17) is 4.74 Å². The van der Waals surface area contributed by atoms with E-state index in [2.05, 4.69) is 10.2 Å². The summed E-state index contributed by atoms with van der Waals surface area (Å²) in [6.07, 6.45) is 0.814. The lowest BCUT2D eigenvalue weighted by molar-refractivity contribution is -0.138. The maximum absolute atomic E-state index is 14.2. The van der Waals surface area contributed by atoms with Gasteiger partial charge in [-0.05, 0) is 17.2 Å². The van der Waals surface area contributed by atoms with E-state index in [9.17, 15) is 9.18 Å². The van der Waals surface area contributed by atoms with E-state index in [1.165, 1.54) is 6.07 Å². The van der Waals surface area contributed by atoms with Gasteiger partial charge in [-0.25, -0.2) is 4.39 Å². The average Bonchev–Trinajstić information content (AvgIpc) is 3.13. The van der Waals surface area contributed by atoms with Crippen molar-refractivity contribution in [1.29, 1.82) is 0 Å². The van der Waals surface area contributed by atoms with Crippen molar-refractivity contribution in [1.82, 2.24) is 19.7 Å². The molecule has 150 valence electrons. The second kappa shape index (κ2) is 8.53. The highest BCUT2D eigenvalue weighted by molar-refractivity contribution is 5.82. The van der Waals surface area contributed by atoms with Crippen LogP contribution in [0.3, 0.4) is 0 Å². The minimum absolute atomic E-state index is 0.00740. The summed E-state index contributed by atoms with van der Waals surface area (Å²) in [6, 6.07) is 16.0. The predicted molar refractivity (Wildman–Crippen MR) is 106 cm³/mol. The fourth-order valence-electron chi connectivity index (χ4n) is 3.74. The Balaban J connectivity index is 1.70. The third-order valence-corrected chi connectivity index (χ3v) is 5.22. The van der Waals surface area contributed by atoms with Crippen molar-refractivity contribution in [2.45, 2.75) is 25.4 Å². The Kier molecular flexibility index (Phi) is 5.67. The zero-order valence-corrected chi connectivity index (χ0v) is 16.3. The quantitative estimate of drug-likeness (QED) is 0.618. The third kappa shape index (κ3) is 4.05. The van der Waals surface area contributed by atoms with E-state index in [0.29, 0.717) is 43.3 Å². The van der Waals surface area contributed by atoms with Crippen LogP contribution in [0, 0.1) is 5.82 Å². The smallest absolute Gasteiger partial charge is 0.246 e.